The zero-order valence-corrected chi connectivity index (χ0v) is 12.5. The number of carboxylic acids is 1. The first-order chi connectivity index (χ1) is 10.5. The van der Waals surface area contributed by atoms with E-state index in [2.05, 4.69) is 4.98 Å². The molecule has 0 unspecified atom stereocenters. The lowest BCUT2D eigenvalue weighted by Gasteiger charge is -2.39. The van der Waals surface area contributed by atoms with Gasteiger partial charge in [-0.2, -0.15) is 0 Å². The number of rotatable bonds is 5. The number of carboxylic acid groups (broad SMARTS) is 1. The number of nitrogens with zero attached hydrogens (tertiary/aromatic N) is 1. The SMILES string of the molecule is COCC[C@@]1(C(=O)O)CCCN(C(=O)c2ccc(=O)[nH]c2)C1. The second-order valence-electron chi connectivity index (χ2n) is 5.60. The van der Waals surface area contributed by atoms with E-state index in [1.165, 1.54) is 25.4 Å². The summed E-state index contributed by atoms with van der Waals surface area (Å²) >= 11 is 0. The van der Waals surface area contributed by atoms with Crippen LogP contribution in [0.2, 0.25) is 0 Å². The van der Waals surface area contributed by atoms with Crippen molar-refractivity contribution in [2.75, 3.05) is 26.8 Å². The van der Waals surface area contributed by atoms with Gasteiger partial charge < -0.3 is 19.7 Å². The zero-order chi connectivity index (χ0) is 16.2. The number of carbonyl (C=O) groups is 2. The molecule has 0 saturated carbocycles. The monoisotopic (exact) mass is 308 g/mol. The largest absolute Gasteiger partial charge is 0.481 e. The Morgan fingerprint density at radius 3 is 2.82 bits per heavy atom. The highest BCUT2D eigenvalue weighted by atomic mass is 16.5. The van der Waals surface area contributed by atoms with Crippen LogP contribution in [0.4, 0.5) is 0 Å². The molecule has 22 heavy (non-hydrogen) atoms. The van der Waals surface area contributed by atoms with Gasteiger partial charge in [0.05, 0.1) is 11.0 Å². The lowest BCUT2D eigenvalue weighted by molar-refractivity contribution is -0.153. The lowest BCUT2D eigenvalue weighted by atomic mass is 9.77. The molecule has 0 spiro atoms. The number of piperidine rings is 1. The Hall–Kier alpha value is -2.15. The Morgan fingerprint density at radius 1 is 1.45 bits per heavy atom. The molecule has 0 radical (unpaired) electrons. The minimum Gasteiger partial charge on any atom is -0.481 e. The average Bonchev–Trinajstić information content (AvgIpc) is 2.53. The number of nitrogens with one attached hydrogen (secondary N) is 1. The second-order valence-corrected chi connectivity index (χ2v) is 5.60. The predicted octanol–water partition coefficient (Wildman–Crippen LogP) is 0.718. The first-order valence-corrected chi connectivity index (χ1v) is 7.19. The van der Waals surface area contributed by atoms with E-state index in [1.54, 1.807) is 4.90 Å². The van der Waals surface area contributed by atoms with Crippen molar-refractivity contribution in [2.45, 2.75) is 19.3 Å². The van der Waals surface area contributed by atoms with E-state index in [1.807, 2.05) is 0 Å². The van der Waals surface area contributed by atoms with Gasteiger partial charge in [-0.3, -0.25) is 14.4 Å². The third kappa shape index (κ3) is 3.36. The highest BCUT2D eigenvalue weighted by Gasteiger charge is 2.43. The quantitative estimate of drug-likeness (QED) is 0.835. The molecule has 2 N–H and O–H groups in total. The van der Waals surface area contributed by atoms with Crippen LogP contribution in [0, 0.1) is 5.41 Å². The van der Waals surface area contributed by atoms with Gasteiger partial charge in [0.15, 0.2) is 0 Å². The topological polar surface area (TPSA) is 99.7 Å². The molecule has 1 aromatic heterocycles. The Balaban J connectivity index is 2.17. The van der Waals surface area contributed by atoms with Gasteiger partial charge in [-0.15, -0.1) is 0 Å². The standard InChI is InChI=1S/C15H20N2O5/c1-22-8-6-15(14(20)21)5-2-7-17(10-15)13(19)11-3-4-12(18)16-9-11/h3-4,9H,2,5-8,10H2,1H3,(H,16,18)(H,20,21)/t15-/m0/s1. The third-order valence-corrected chi connectivity index (χ3v) is 4.13. The summed E-state index contributed by atoms with van der Waals surface area (Å²) in [5.41, 5.74) is -0.894. The summed E-state index contributed by atoms with van der Waals surface area (Å²) in [7, 11) is 1.53. The number of ether oxygens (including phenoxy) is 1. The summed E-state index contributed by atoms with van der Waals surface area (Å²) in [6, 6.07) is 2.74. The summed E-state index contributed by atoms with van der Waals surface area (Å²) in [6.45, 7) is 1.01. The van der Waals surface area contributed by atoms with Crippen LogP contribution in [0.1, 0.15) is 29.6 Å². The summed E-state index contributed by atoms with van der Waals surface area (Å²) in [4.78, 5) is 39.2. The minimum absolute atomic E-state index is 0.156. The van der Waals surface area contributed by atoms with Gasteiger partial charge in [0.2, 0.25) is 5.56 Å². The Bertz CT molecular complexity index is 592. The van der Waals surface area contributed by atoms with Crippen LogP contribution in [0.3, 0.4) is 0 Å². The van der Waals surface area contributed by atoms with Crippen LogP contribution in [0.15, 0.2) is 23.1 Å². The Morgan fingerprint density at radius 2 is 2.23 bits per heavy atom. The molecule has 1 amide bonds. The maximum Gasteiger partial charge on any atom is 0.311 e. The second kappa shape index (κ2) is 6.74. The molecule has 7 nitrogen and oxygen atoms in total. The van der Waals surface area contributed by atoms with Gasteiger partial charge >= 0.3 is 5.97 Å². The number of pyridine rings is 1. The highest BCUT2D eigenvalue weighted by Crippen LogP contribution is 2.34. The average molecular weight is 308 g/mol. The van der Waals surface area contributed by atoms with Crippen LogP contribution in [0.25, 0.3) is 0 Å². The molecular formula is C15H20N2O5. The number of hydrogen-bond acceptors (Lipinski definition) is 4. The van der Waals surface area contributed by atoms with E-state index in [4.69, 9.17) is 4.74 Å². The minimum atomic E-state index is -0.966. The number of hydrogen-bond donors (Lipinski definition) is 2. The van der Waals surface area contributed by atoms with E-state index in [0.29, 0.717) is 38.0 Å². The van der Waals surface area contributed by atoms with Crippen molar-refractivity contribution < 1.29 is 19.4 Å². The molecule has 1 fully saturated rings. The van der Waals surface area contributed by atoms with Gasteiger partial charge in [-0.05, 0) is 25.3 Å². The summed E-state index contributed by atoms with van der Waals surface area (Å²) < 4.78 is 5.01. The molecule has 2 rings (SSSR count). The molecule has 2 heterocycles. The molecule has 1 aliphatic heterocycles. The number of aromatic amines is 1. The summed E-state index contributed by atoms with van der Waals surface area (Å²) in [5, 5.41) is 9.58. The smallest absolute Gasteiger partial charge is 0.311 e. The number of amides is 1. The van der Waals surface area contributed by atoms with E-state index < -0.39 is 11.4 Å². The number of H-pyrrole nitrogens is 1. The van der Waals surface area contributed by atoms with Gasteiger partial charge in [-0.25, -0.2) is 0 Å². The number of aromatic nitrogens is 1. The summed E-state index contributed by atoms with van der Waals surface area (Å²) in [6.07, 6.45) is 2.89. The van der Waals surface area contributed by atoms with Crippen molar-refractivity contribution in [3.8, 4) is 0 Å². The van der Waals surface area contributed by atoms with Gasteiger partial charge in [0.1, 0.15) is 0 Å². The van der Waals surface area contributed by atoms with E-state index in [0.717, 1.165) is 0 Å². The van der Waals surface area contributed by atoms with Gasteiger partial charge in [0.25, 0.3) is 5.91 Å². The Kier molecular flexibility index (Phi) is 4.97. The van der Waals surface area contributed by atoms with Crippen LogP contribution in [0.5, 0.6) is 0 Å². The Labute approximate surface area is 127 Å². The first-order valence-electron chi connectivity index (χ1n) is 7.19. The van der Waals surface area contributed by atoms with Gasteiger partial charge in [0, 0.05) is 39.1 Å². The van der Waals surface area contributed by atoms with Crippen LogP contribution in [-0.4, -0.2) is 53.7 Å². The maximum absolute atomic E-state index is 12.5. The van der Waals surface area contributed by atoms with Crippen molar-refractivity contribution in [1.29, 1.82) is 0 Å². The van der Waals surface area contributed by atoms with E-state index >= 15 is 0 Å². The molecule has 1 aromatic rings. The molecule has 0 aliphatic carbocycles. The van der Waals surface area contributed by atoms with Crippen molar-refractivity contribution >= 4 is 11.9 Å². The van der Waals surface area contributed by atoms with Crippen molar-refractivity contribution in [2.24, 2.45) is 5.41 Å². The molecule has 1 atom stereocenters. The molecule has 0 bridgehead atoms. The van der Waals surface area contributed by atoms with Crippen LogP contribution in [-0.2, 0) is 9.53 Å². The zero-order valence-electron chi connectivity index (χ0n) is 12.5. The van der Waals surface area contributed by atoms with Gasteiger partial charge in [-0.1, -0.05) is 0 Å². The third-order valence-electron chi connectivity index (χ3n) is 4.13. The fourth-order valence-electron chi connectivity index (χ4n) is 2.81. The van der Waals surface area contributed by atoms with E-state index in [9.17, 15) is 19.5 Å². The number of carbonyl (C=O) groups excluding carboxylic acids is 1. The molecule has 0 aromatic carbocycles. The number of likely N-dealkylation sites (tertiary alicyclic amines) is 1. The molecule has 1 saturated heterocycles. The van der Waals surface area contributed by atoms with Crippen LogP contribution < -0.4 is 5.56 Å². The lowest BCUT2D eigenvalue weighted by Crippen LogP contribution is -2.50. The molecular weight excluding hydrogens is 288 g/mol. The molecule has 1 aliphatic rings. The fraction of sp³-hybridized carbons (Fsp3) is 0.533. The number of aliphatic carboxylic acids is 1. The van der Waals surface area contributed by atoms with Crippen molar-refractivity contribution in [1.82, 2.24) is 9.88 Å². The molecule has 120 valence electrons. The number of methoxy groups -OCH3 is 1. The predicted molar refractivity (Wildman–Crippen MR) is 78.8 cm³/mol. The van der Waals surface area contributed by atoms with Crippen molar-refractivity contribution in [3.63, 3.8) is 0 Å². The van der Waals surface area contributed by atoms with Crippen LogP contribution >= 0.6 is 0 Å². The normalized spacial score (nSPS) is 21.6. The first kappa shape index (κ1) is 16.2. The maximum atomic E-state index is 12.5. The van der Waals surface area contributed by atoms with Crippen molar-refractivity contribution in [3.05, 3.63) is 34.2 Å². The van der Waals surface area contributed by atoms with E-state index in [-0.39, 0.29) is 18.0 Å². The summed E-state index contributed by atoms with van der Waals surface area (Å²) in [5.74, 6) is -1.16. The highest BCUT2D eigenvalue weighted by molar-refractivity contribution is 5.94. The fourth-order valence-corrected chi connectivity index (χ4v) is 2.81. The molecule has 7 heteroatoms.